The van der Waals surface area contributed by atoms with Crippen LogP contribution in [-0.2, 0) is 9.53 Å². The molecule has 1 amide bonds. The largest absolute Gasteiger partial charge is 0.391 e. The number of carbonyl (C=O) groups excluding carboxylic acids is 1. The van der Waals surface area contributed by atoms with E-state index in [2.05, 4.69) is 5.32 Å². The van der Waals surface area contributed by atoms with Crippen molar-refractivity contribution in [2.75, 3.05) is 36.5 Å². The average molecular weight is 264 g/mol. The molecule has 1 heterocycles. The monoisotopic (exact) mass is 264 g/mol. The second-order valence-corrected chi connectivity index (χ2v) is 4.59. The number of benzene rings is 1. The minimum Gasteiger partial charge on any atom is -0.391 e. The Bertz CT molecular complexity index is 419. The van der Waals surface area contributed by atoms with Gasteiger partial charge in [0.2, 0.25) is 0 Å². The van der Waals surface area contributed by atoms with Gasteiger partial charge in [-0.15, -0.1) is 0 Å². The summed E-state index contributed by atoms with van der Waals surface area (Å²) in [6.07, 6.45) is 0.397. The normalized spacial score (nSPS) is 17.4. The van der Waals surface area contributed by atoms with Crippen molar-refractivity contribution in [1.29, 1.82) is 0 Å². The maximum absolute atomic E-state index is 11.7. The van der Waals surface area contributed by atoms with E-state index in [-0.39, 0.29) is 18.6 Å². The smallest absolute Gasteiger partial charge is 0.253 e. The highest BCUT2D eigenvalue weighted by Crippen LogP contribution is 2.19. The second kappa shape index (κ2) is 6.54. The number of amides is 1. The zero-order valence-corrected chi connectivity index (χ0v) is 11.1. The van der Waals surface area contributed by atoms with Crippen LogP contribution in [0, 0.1) is 0 Å². The number of aliphatic hydroxyl groups is 1. The number of carbonyl (C=O) groups is 1. The van der Waals surface area contributed by atoms with Crippen LogP contribution in [0.4, 0.5) is 11.4 Å². The number of anilines is 2. The van der Waals surface area contributed by atoms with Gasteiger partial charge in [0.1, 0.15) is 6.61 Å². The maximum Gasteiger partial charge on any atom is 0.253 e. The van der Waals surface area contributed by atoms with Gasteiger partial charge in [-0.05, 0) is 30.7 Å². The molecular weight excluding hydrogens is 244 g/mol. The Morgan fingerprint density at radius 1 is 1.42 bits per heavy atom. The Morgan fingerprint density at radius 3 is 2.79 bits per heavy atom. The van der Waals surface area contributed by atoms with Crippen molar-refractivity contribution >= 4 is 17.3 Å². The molecule has 5 heteroatoms. The summed E-state index contributed by atoms with van der Waals surface area (Å²) in [7, 11) is 0. The van der Waals surface area contributed by atoms with Gasteiger partial charge in [-0.2, -0.15) is 0 Å². The first kappa shape index (κ1) is 13.8. The van der Waals surface area contributed by atoms with Gasteiger partial charge < -0.3 is 20.1 Å². The third kappa shape index (κ3) is 3.68. The molecule has 1 atom stereocenters. The van der Waals surface area contributed by atoms with Gasteiger partial charge in [0.25, 0.3) is 5.91 Å². The summed E-state index contributed by atoms with van der Waals surface area (Å²) < 4.78 is 5.10. The summed E-state index contributed by atoms with van der Waals surface area (Å²) >= 11 is 0. The molecule has 0 saturated carbocycles. The zero-order valence-electron chi connectivity index (χ0n) is 11.1. The molecule has 19 heavy (non-hydrogen) atoms. The lowest BCUT2D eigenvalue weighted by atomic mass is 10.2. The number of hydrogen-bond donors (Lipinski definition) is 2. The van der Waals surface area contributed by atoms with Crippen LogP contribution < -0.4 is 10.2 Å². The minimum atomic E-state index is -0.333. The molecule has 104 valence electrons. The Balaban J connectivity index is 1.95. The SMILES string of the molecule is CC[C@H](O)CNc1ccc(N2CCOCC2=O)cc1. The summed E-state index contributed by atoms with van der Waals surface area (Å²) in [5.41, 5.74) is 1.83. The standard InChI is InChI=1S/C14H20N2O3/c1-2-13(17)9-15-11-3-5-12(6-4-11)16-7-8-19-10-14(16)18/h3-6,13,15,17H,2,7-10H2,1H3/t13-/m0/s1. The van der Waals surface area contributed by atoms with E-state index in [1.807, 2.05) is 31.2 Å². The van der Waals surface area contributed by atoms with Crippen molar-refractivity contribution in [3.63, 3.8) is 0 Å². The van der Waals surface area contributed by atoms with Crippen molar-refractivity contribution in [2.45, 2.75) is 19.4 Å². The van der Waals surface area contributed by atoms with Gasteiger partial charge in [-0.3, -0.25) is 4.79 Å². The third-order valence-corrected chi connectivity index (χ3v) is 3.18. The highest BCUT2D eigenvalue weighted by Gasteiger charge is 2.19. The van der Waals surface area contributed by atoms with Crippen molar-refractivity contribution in [3.05, 3.63) is 24.3 Å². The lowest BCUT2D eigenvalue weighted by Crippen LogP contribution is -2.41. The molecule has 0 bridgehead atoms. The van der Waals surface area contributed by atoms with E-state index in [4.69, 9.17) is 4.74 Å². The van der Waals surface area contributed by atoms with Gasteiger partial charge in [0.05, 0.1) is 12.7 Å². The van der Waals surface area contributed by atoms with Gasteiger partial charge in [0, 0.05) is 24.5 Å². The number of morpholine rings is 1. The number of hydrogen-bond acceptors (Lipinski definition) is 4. The predicted octanol–water partition coefficient (Wildman–Crippen LogP) is 1.23. The second-order valence-electron chi connectivity index (χ2n) is 4.59. The van der Waals surface area contributed by atoms with E-state index in [0.29, 0.717) is 19.7 Å². The molecule has 0 spiro atoms. The van der Waals surface area contributed by atoms with Crippen LogP contribution in [0.3, 0.4) is 0 Å². The van der Waals surface area contributed by atoms with Crippen LogP contribution in [0.25, 0.3) is 0 Å². The molecule has 2 N–H and O–H groups in total. The van der Waals surface area contributed by atoms with Crippen LogP contribution in [0.1, 0.15) is 13.3 Å². The Labute approximate surface area is 113 Å². The van der Waals surface area contributed by atoms with Crippen LogP contribution >= 0.6 is 0 Å². The highest BCUT2D eigenvalue weighted by atomic mass is 16.5. The Hall–Kier alpha value is -1.59. The Kier molecular flexibility index (Phi) is 4.76. The molecule has 0 aliphatic carbocycles. The number of nitrogens with zero attached hydrogens (tertiary/aromatic N) is 1. The summed E-state index contributed by atoms with van der Waals surface area (Å²) in [6, 6.07) is 7.65. The van der Waals surface area contributed by atoms with Crippen molar-refractivity contribution in [3.8, 4) is 0 Å². The molecule has 2 rings (SSSR count). The predicted molar refractivity (Wildman–Crippen MR) is 74.4 cm³/mol. The Morgan fingerprint density at radius 2 is 2.16 bits per heavy atom. The van der Waals surface area contributed by atoms with Crippen LogP contribution in [0.5, 0.6) is 0 Å². The van der Waals surface area contributed by atoms with Crippen molar-refractivity contribution in [1.82, 2.24) is 0 Å². The van der Waals surface area contributed by atoms with E-state index >= 15 is 0 Å². The molecular formula is C14H20N2O3. The van der Waals surface area contributed by atoms with E-state index in [0.717, 1.165) is 17.8 Å². The maximum atomic E-state index is 11.7. The van der Waals surface area contributed by atoms with E-state index < -0.39 is 0 Å². The fourth-order valence-corrected chi connectivity index (χ4v) is 1.93. The van der Waals surface area contributed by atoms with Gasteiger partial charge in [0.15, 0.2) is 0 Å². The van der Waals surface area contributed by atoms with Gasteiger partial charge in [-0.1, -0.05) is 6.92 Å². The molecule has 1 aromatic carbocycles. The molecule has 0 unspecified atom stereocenters. The minimum absolute atomic E-state index is 0.00614. The molecule has 5 nitrogen and oxygen atoms in total. The first-order valence-corrected chi connectivity index (χ1v) is 6.61. The number of aliphatic hydroxyl groups excluding tert-OH is 1. The van der Waals surface area contributed by atoms with Crippen LogP contribution in [0.2, 0.25) is 0 Å². The average Bonchev–Trinajstić information content (AvgIpc) is 2.46. The summed E-state index contributed by atoms with van der Waals surface area (Å²) in [4.78, 5) is 13.4. The molecule has 1 aromatic rings. The number of ether oxygens (including phenoxy) is 1. The third-order valence-electron chi connectivity index (χ3n) is 3.18. The summed E-state index contributed by atoms with van der Waals surface area (Å²) in [6.45, 7) is 3.81. The van der Waals surface area contributed by atoms with E-state index in [1.54, 1.807) is 4.90 Å². The van der Waals surface area contributed by atoms with E-state index in [9.17, 15) is 9.90 Å². The molecule has 1 aliphatic rings. The number of nitrogens with one attached hydrogen (secondary N) is 1. The molecule has 1 fully saturated rings. The first-order chi connectivity index (χ1) is 9.20. The molecule has 1 saturated heterocycles. The topological polar surface area (TPSA) is 61.8 Å². The van der Waals surface area contributed by atoms with Crippen LogP contribution in [-0.4, -0.2) is 43.4 Å². The quantitative estimate of drug-likeness (QED) is 0.840. The highest BCUT2D eigenvalue weighted by molar-refractivity contribution is 5.94. The first-order valence-electron chi connectivity index (χ1n) is 6.61. The fourth-order valence-electron chi connectivity index (χ4n) is 1.93. The summed E-state index contributed by atoms with van der Waals surface area (Å²) in [5.74, 6) is -0.00614. The fraction of sp³-hybridized carbons (Fsp3) is 0.500. The van der Waals surface area contributed by atoms with Crippen molar-refractivity contribution in [2.24, 2.45) is 0 Å². The lowest BCUT2D eigenvalue weighted by Gasteiger charge is -2.27. The number of rotatable bonds is 5. The molecule has 1 aliphatic heterocycles. The zero-order chi connectivity index (χ0) is 13.7. The van der Waals surface area contributed by atoms with Gasteiger partial charge in [-0.25, -0.2) is 0 Å². The lowest BCUT2D eigenvalue weighted by molar-refractivity contribution is -0.125. The molecule has 0 aromatic heterocycles. The molecule has 0 radical (unpaired) electrons. The van der Waals surface area contributed by atoms with E-state index in [1.165, 1.54) is 0 Å². The summed E-state index contributed by atoms with van der Waals surface area (Å²) in [5, 5.41) is 12.6. The van der Waals surface area contributed by atoms with Crippen LogP contribution in [0.15, 0.2) is 24.3 Å². The van der Waals surface area contributed by atoms with Gasteiger partial charge >= 0.3 is 0 Å². The van der Waals surface area contributed by atoms with Crippen molar-refractivity contribution < 1.29 is 14.6 Å².